The van der Waals surface area contributed by atoms with E-state index in [1.807, 2.05) is 30.3 Å². The van der Waals surface area contributed by atoms with E-state index in [2.05, 4.69) is 0 Å². The molecule has 0 heterocycles. The highest BCUT2D eigenvalue weighted by atomic mass is 16.5. The first-order chi connectivity index (χ1) is 7.18. The number of carbonyl (C=O) groups is 1. The zero-order valence-corrected chi connectivity index (χ0v) is 8.59. The number of rotatable bonds is 4. The first kappa shape index (κ1) is 11.5. The molecular formula is C12H14O3. The van der Waals surface area contributed by atoms with E-state index >= 15 is 0 Å². The summed E-state index contributed by atoms with van der Waals surface area (Å²) in [5, 5.41) is 8.89. The van der Waals surface area contributed by atoms with Crippen molar-refractivity contribution in [3.63, 3.8) is 0 Å². The van der Waals surface area contributed by atoms with Crippen LogP contribution in [0.15, 0.2) is 42.5 Å². The van der Waals surface area contributed by atoms with Gasteiger partial charge in [-0.25, -0.2) is 4.79 Å². The predicted molar refractivity (Wildman–Crippen MR) is 57.1 cm³/mol. The Morgan fingerprint density at radius 1 is 1.47 bits per heavy atom. The van der Waals surface area contributed by atoms with Crippen LogP contribution in [-0.2, 0) is 16.1 Å². The number of benzene rings is 1. The van der Waals surface area contributed by atoms with Crippen molar-refractivity contribution in [3.05, 3.63) is 48.0 Å². The van der Waals surface area contributed by atoms with E-state index in [4.69, 9.17) is 9.84 Å². The minimum atomic E-state index is -0.630. The monoisotopic (exact) mass is 206 g/mol. The van der Waals surface area contributed by atoms with Crippen LogP contribution in [0, 0.1) is 0 Å². The molecule has 0 radical (unpaired) electrons. The molecule has 0 aliphatic heterocycles. The summed E-state index contributed by atoms with van der Waals surface area (Å²) < 4.78 is 4.94. The maximum Gasteiger partial charge on any atom is 0.330 e. The molecule has 1 atom stereocenters. The Kier molecular flexibility index (Phi) is 4.57. The number of aliphatic hydroxyl groups excluding tert-OH is 1. The van der Waals surface area contributed by atoms with E-state index in [0.717, 1.165) is 5.56 Å². The van der Waals surface area contributed by atoms with Crippen LogP contribution >= 0.6 is 0 Å². The first-order valence-corrected chi connectivity index (χ1v) is 4.75. The quantitative estimate of drug-likeness (QED) is 0.602. The number of hydrogen-bond acceptors (Lipinski definition) is 3. The molecule has 1 aromatic carbocycles. The van der Waals surface area contributed by atoms with Gasteiger partial charge in [0.05, 0.1) is 6.10 Å². The number of aliphatic hydroxyl groups is 1. The van der Waals surface area contributed by atoms with Gasteiger partial charge < -0.3 is 9.84 Å². The Morgan fingerprint density at radius 3 is 2.73 bits per heavy atom. The van der Waals surface area contributed by atoms with Crippen molar-refractivity contribution in [2.24, 2.45) is 0 Å². The molecule has 3 nitrogen and oxygen atoms in total. The molecule has 1 rings (SSSR count). The number of esters is 1. The fourth-order valence-corrected chi connectivity index (χ4v) is 0.995. The van der Waals surface area contributed by atoms with Crippen LogP contribution in [0.3, 0.4) is 0 Å². The van der Waals surface area contributed by atoms with Crippen molar-refractivity contribution < 1.29 is 14.6 Å². The molecular weight excluding hydrogens is 192 g/mol. The van der Waals surface area contributed by atoms with Crippen molar-refractivity contribution in [3.8, 4) is 0 Å². The molecule has 0 spiro atoms. The highest BCUT2D eigenvalue weighted by Crippen LogP contribution is 2.00. The second kappa shape index (κ2) is 5.98. The summed E-state index contributed by atoms with van der Waals surface area (Å²) in [6.07, 6.45) is 1.98. The van der Waals surface area contributed by atoms with E-state index in [0.29, 0.717) is 0 Å². The smallest absolute Gasteiger partial charge is 0.330 e. The summed E-state index contributed by atoms with van der Waals surface area (Å²) >= 11 is 0. The molecule has 0 amide bonds. The van der Waals surface area contributed by atoms with E-state index in [-0.39, 0.29) is 6.61 Å². The molecule has 1 aromatic rings. The first-order valence-electron chi connectivity index (χ1n) is 4.75. The van der Waals surface area contributed by atoms with Gasteiger partial charge in [0.25, 0.3) is 0 Å². The third-order valence-electron chi connectivity index (χ3n) is 1.73. The van der Waals surface area contributed by atoms with E-state index in [9.17, 15) is 4.79 Å². The molecule has 3 heteroatoms. The van der Waals surface area contributed by atoms with Crippen LogP contribution in [0.25, 0.3) is 0 Å². The van der Waals surface area contributed by atoms with Crippen LogP contribution in [-0.4, -0.2) is 17.2 Å². The molecule has 0 fully saturated rings. The number of hydrogen-bond donors (Lipinski definition) is 1. The molecule has 15 heavy (non-hydrogen) atoms. The Labute approximate surface area is 89.0 Å². The van der Waals surface area contributed by atoms with Crippen molar-refractivity contribution in [2.45, 2.75) is 19.6 Å². The maximum absolute atomic E-state index is 11.1. The fraction of sp³-hybridized carbons (Fsp3) is 0.250. The van der Waals surface area contributed by atoms with E-state index in [1.165, 1.54) is 12.2 Å². The molecule has 0 saturated carbocycles. The van der Waals surface area contributed by atoms with E-state index in [1.54, 1.807) is 6.92 Å². The lowest BCUT2D eigenvalue weighted by molar-refractivity contribution is -0.139. The van der Waals surface area contributed by atoms with Gasteiger partial charge in [-0.15, -0.1) is 0 Å². The lowest BCUT2D eigenvalue weighted by Crippen LogP contribution is -2.02. The van der Waals surface area contributed by atoms with E-state index < -0.39 is 12.1 Å². The summed E-state index contributed by atoms with van der Waals surface area (Å²) in [5.74, 6) is -0.445. The van der Waals surface area contributed by atoms with Gasteiger partial charge in [-0.3, -0.25) is 0 Å². The van der Waals surface area contributed by atoms with Crippen LogP contribution in [0.5, 0.6) is 0 Å². The van der Waals surface area contributed by atoms with Gasteiger partial charge in [0.2, 0.25) is 0 Å². The fourth-order valence-electron chi connectivity index (χ4n) is 0.995. The predicted octanol–water partition coefficient (Wildman–Crippen LogP) is 1.67. The lowest BCUT2D eigenvalue weighted by atomic mass is 10.2. The summed E-state index contributed by atoms with van der Waals surface area (Å²) in [4.78, 5) is 11.1. The van der Waals surface area contributed by atoms with Crippen LogP contribution in [0.1, 0.15) is 12.5 Å². The highest BCUT2D eigenvalue weighted by Gasteiger charge is 1.98. The topological polar surface area (TPSA) is 46.5 Å². The zero-order chi connectivity index (χ0) is 11.1. The van der Waals surface area contributed by atoms with Crippen molar-refractivity contribution in [2.75, 3.05) is 0 Å². The molecule has 0 saturated heterocycles. The van der Waals surface area contributed by atoms with Crippen LogP contribution in [0.2, 0.25) is 0 Å². The molecule has 0 bridgehead atoms. The lowest BCUT2D eigenvalue weighted by Gasteiger charge is -2.01. The van der Waals surface area contributed by atoms with Gasteiger partial charge in [0.1, 0.15) is 6.61 Å². The van der Waals surface area contributed by atoms with Gasteiger partial charge >= 0.3 is 5.97 Å². The standard InChI is InChI=1S/C12H14O3/c1-10(13)7-8-12(14)15-9-11-5-3-2-4-6-11/h2-8,10,13H,9H2,1H3/b8-7+. The van der Waals surface area contributed by atoms with Crippen LogP contribution < -0.4 is 0 Å². The van der Waals surface area contributed by atoms with Gasteiger partial charge in [-0.05, 0) is 18.6 Å². The minimum Gasteiger partial charge on any atom is -0.458 e. The molecule has 1 unspecified atom stereocenters. The molecule has 0 aromatic heterocycles. The van der Waals surface area contributed by atoms with Crippen molar-refractivity contribution in [1.29, 1.82) is 0 Å². The molecule has 1 N–H and O–H groups in total. The Bertz CT molecular complexity index is 328. The van der Waals surface area contributed by atoms with Gasteiger partial charge in [-0.2, -0.15) is 0 Å². The zero-order valence-electron chi connectivity index (χ0n) is 8.59. The maximum atomic E-state index is 11.1. The molecule has 0 aliphatic carbocycles. The summed E-state index contributed by atoms with van der Waals surface area (Å²) in [6.45, 7) is 1.82. The number of ether oxygens (including phenoxy) is 1. The van der Waals surface area contributed by atoms with Crippen molar-refractivity contribution in [1.82, 2.24) is 0 Å². The second-order valence-electron chi connectivity index (χ2n) is 3.19. The third-order valence-corrected chi connectivity index (χ3v) is 1.73. The van der Waals surface area contributed by atoms with Crippen LogP contribution in [0.4, 0.5) is 0 Å². The average molecular weight is 206 g/mol. The normalized spacial score (nSPS) is 12.7. The van der Waals surface area contributed by atoms with Gasteiger partial charge in [0, 0.05) is 6.08 Å². The third kappa shape index (κ3) is 4.98. The summed E-state index contributed by atoms with van der Waals surface area (Å²) in [5.41, 5.74) is 0.941. The van der Waals surface area contributed by atoms with Gasteiger partial charge in [0.15, 0.2) is 0 Å². The minimum absolute atomic E-state index is 0.254. The Balaban J connectivity index is 2.35. The summed E-state index contributed by atoms with van der Waals surface area (Å²) in [6, 6.07) is 9.43. The Morgan fingerprint density at radius 2 is 2.13 bits per heavy atom. The summed E-state index contributed by atoms with van der Waals surface area (Å²) in [7, 11) is 0. The molecule has 0 aliphatic rings. The van der Waals surface area contributed by atoms with Gasteiger partial charge in [-0.1, -0.05) is 30.3 Å². The number of carbonyl (C=O) groups excluding carboxylic acids is 1. The van der Waals surface area contributed by atoms with Crippen molar-refractivity contribution >= 4 is 5.97 Å². The largest absolute Gasteiger partial charge is 0.458 e. The highest BCUT2D eigenvalue weighted by molar-refractivity contribution is 5.81. The Hall–Kier alpha value is -1.61. The molecule has 80 valence electrons. The average Bonchev–Trinajstić information content (AvgIpc) is 2.25. The second-order valence-corrected chi connectivity index (χ2v) is 3.19. The SMILES string of the molecule is CC(O)/C=C/C(=O)OCc1ccccc1.